The first-order chi connectivity index (χ1) is 31.4. The number of para-hydroxylation sites is 1. The molecule has 0 bridgehead atoms. The molecule has 2 aromatic heterocycles. The van der Waals surface area contributed by atoms with Crippen LogP contribution in [0.3, 0.4) is 0 Å². The summed E-state index contributed by atoms with van der Waals surface area (Å²) in [5.41, 5.74) is 4.78. The fourth-order valence-corrected chi connectivity index (χ4v) is 10.2. The number of pyridine rings is 2. The Morgan fingerprint density at radius 2 is 1.48 bits per heavy atom. The zero-order chi connectivity index (χ0) is 46.3. The number of nitrogens with zero attached hydrogens (tertiary/aromatic N) is 2. The SMILES string of the molecule is CCCCCCCCCCCCCCCCOC(=O)[C@]1(C)CCc2c(C)c(OCC(=O)O[C@]3(CC)C(=O)OCc4c3cc3n(c4=O)Cc4c-3nc3ccccc3c4CC)c(C)c(C)c2O1. The second-order valence-corrected chi connectivity index (χ2v) is 18.7. The van der Waals surface area contributed by atoms with Crippen LogP contribution in [-0.4, -0.2) is 46.3 Å². The molecule has 65 heavy (non-hydrogen) atoms. The highest BCUT2D eigenvalue weighted by molar-refractivity contribution is 5.90. The topological polar surface area (TPSA) is 132 Å². The van der Waals surface area contributed by atoms with Crippen molar-refractivity contribution in [3.63, 3.8) is 0 Å². The van der Waals surface area contributed by atoms with Crippen molar-refractivity contribution < 1.29 is 38.1 Å². The van der Waals surface area contributed by atoms with Gasteiger partial charge in [-0.25, -0.2) is 19.4 Å². The van der Waals surface area contributed by atoms with Crippen molar-refractivity contribution in [2.45, 2.75) is 188 Å². The Morgan fingerprint density at radius 3 is 2.14 bits per heavy atom. The molecule has 350 valence electrons. The van der Waals surface area contributed by atoms with E-state index < -0.39 is 29.7 Å². The molecule has 0 aliphatic carbocycles. The molecule has 0 unspecified atom stereocenters. The van der Waals surface area contributed by atoms with Crippen molar-refractivity contribution in [3.8, 4) is 22.9 Å². The Hall–Kier alpha value is -5.19. The summed E-state index contributed by atoms with van der Waals surface area (Å²) in [6.45, 7) is 13.6. The van der Waals surface area contributed by atoms with Crippen LogP contribution in [0.15, 0.2) is 35.1 Å². The molecule has 0 fully saturated rings. The van der Waals surface area contributed by atoms with Crippen LogP contribution in [0, 0.1) is 20.8 Å². The van der Waals surface area contributed by atoms with Crippen molar-refractivity contribution in [1.82, 2.24) is 9.55 Å². The smallest absolute Gasteiger partial charge is 0.355 e. The number of ether oxygens (including phenoxy) is 5. The van der Waals surface area contributed by atoms with Crippen molar-refractivity contribution >= 4 is 28.8 Å². The van der Waals surface area contributed by atoms with Gasteiger partial charge in [0.1, 0.15) is 18.1 Å². The highest BCUT2D eigenvalue weighted by atomic mass is 16.6. The lowest BCUT2D eigenvalue weighted by atomic mass is 9.85. The number of carbonyl (C=O) groups is 3. The first-order valence-corrected chi connectivity index (χ1v) is 24.6. The molecule has 11 nitrogen and oxygen atoms in total. The van der Waals surface area contributed by atoms with Gasteiger partial charge in [0.2, 0.25) is 11.2 Å². The van der Waals surface area contributed by atoms with E-state index in [2.05, 4.69) is 13.8 Å². The van der Waals surface area contributed by atoms with Gasteiger partial charge in [-0.3, -0.25) is 4.79 Å². The number of aryl methyl sites for hydroxylation is 1. The highest BCUT2D eigenvalue weighted by Gasteiger charge is 2.51. The molecule has 2 atom stereocenters. The largest absolute Gasteiger partial charge is 0.481 e. The lowest BCUT2D eigenvalue weighted by molar-refractivity contribution is -0.190. The third kappa shape index (κ3) is 9.71. The van der Waals surface area contributed by atoms with Gasteiger partial charge in [-0.2, -0.15) is 0 Å². The van der Waals surface area contributed by atoms with Gasteiger partial charge in [-0.1, -0.05) is 122 Å². The van der Waals surface area contributed by atoms with Crippen LogP contribution in [0.4, 0.5) is 0 Å². The number of aromatic nitrogens is 2. The van der Waals surface area contributed by atoms with E-state index in [1.54, 1.807) is 24.5 Å². The predicted octanol–water partition coefficient (Wildman–Crippen LogP) is 11.3. The number of hydrogen-bond donors (Lipinski definition) is 0. The van der Waals surface area contributed by atoms with Crippen molar-refractivity contribution in [3.05, 3.63) is 85.2 Å². The summed E-state index contributed by atoms with van der Waals surface area (Å²) in [6, 6.07) is 9.72. The molecule has 5 heterocycles. The van der Waals surface area contributed by atoms with Crippen LogP contribution in [0.25, 0.3) is 22.3 Å². The third-order valence-electron chi connectivity index (χ3n) is 14.3. The Kier molecular flexibility index (Phi) is 15.4. The average molecular weight is 891 g/mol. The minimum atomic E-state index is -1.86. The fraction of sp³-hybridized carbons (Fsp3) is 0.574. The van der Waals surface area contributed by atoms with Gasteiger partial charge in [-0.15, -0.1) is 0 Å². The minimum Gasteiger partial charge on any atom is -0.481 e. The lowest BCUT2D eigenvalue weighted by Gasteiger charge is -2.36. The molecular formula is C54H70N2O9. The van der Waals surface area contributed by atoms with Gasteiger partial charge in [0.05, 0.1) is 35.6 Å². The number of cyclic esters (lactones) is 1. The third-order valence-corrected chi connectivity index (χ3v) is 14.3. The van der Waals surface area contributed by atoms with Crippen molar-refractivity contribution in [2.75, 3.05) is 13.2 Å². The molecular weight excluding hydrogens is 821 g/mol. The van der Waals surface area contributed by atoms with Crippen molar-refractivity contribution in [2.24, 2.45) is 0 Å². The number of unbranched alkanes of at least 4 members (excludes halogenated alkanes) is 13. The van der Waals surface area contributed by atoms with E-state index in [9.17, 15) is 19.2 Å². The first-order valence-electron chi connectivity index (χ1n) is 24.6. The van der Waals surface area contributed by atoms with Crippen LogP contribution in [0.5, 0.6) is 11.5 Å². The summed E-state index contributed by atoms with van der Waals surface area (Å²) in [6.07, 6.45) is 19.5. The number of carbonyl (C=O) groups excluding carboxylic acids is 3. The number of benzene rings is 2. The van der Waals surface area contributed by atoms with Gasteiger partial charge in [0, 0.05) is 28.5 Å². The molecule has 0 N–H and O–H groups in total. The Bertz CT molecular complexity index is 2470. The maximum atomic E-state index is 14.2. The average Bonchev–Trinajstić information content (AvgIpc) is 3.67. The molecule has 2 aromatic carbocycles. The van der Waals surface area contributed by atoms with Crippen LogP contribution in [0.1, 0.15) is 175 Å². The van der Waals surface area contributed by atoms with Crippen LogP contribution < -0.4 is 15.0 Å². The zero-order valence-corrected chi connectivity index (χ0v) is 40.0. The zero-order valence-electron chi connectivity index (χ0n) is 40.0. The first kappa shape index (κ1) is 47.8. The second-order valence-electron chi connectivity index (χ2n) is 18.7. The number of rotatable bonds is 22. The predicted molar refractivity (Wildman–Crippen MR) is 253 cm³/mol. The molecule has 7 rings (SSSR count). The summed E-state index contributed by atoms with van der Waals surface area (Å²) >= 11 is 0. The van der Waals surface area contributed by atoms with E-state index >= 15 is 0 Å². The lowest BCUT2D eigenvalue weighted by Crippen LogP contribution is -2.48. The van der Waals surface area contributed by atoms with Gasteiger partial charge in [-0.05, 0) is 87.8 Å². The molecule has 0 amide bonds. The fourth-order valence-electron chi connectivity index (χ4n) is 10.2. The molecule has 11 heteroatoms. The second kappa shape index (κ2) is 21.0. The summed E-state index contributed by atoms with van der Waals surface area (Å²) < 4.78 is 31.9. The maximum absolute atomic E-state index is 14.2. The Balaban J connectivity index is 0.956. The van der Waals surface area contributed by atoms with E-state index in [0.29, 0.717) is 54.4 Å². The molecule has 0 saturated heterocycles. The summed E-state index contributed by atoms with van der Waals surface area (Å²) in [4.78, 5) is 60.2. The summed E-state index contributed by atoms with van der Waals surface area (Å²) in [5.74, 6) is -0.720. The van der Waals surface area contributed by atoms with E-state index in [0.717, 1.165) is 70.0 Å². The van der Waals surface area contributed by atoms with Gasteiger partial charge in [0.25, 0.3) is 5.56 Å². The highest BCUT2D eigenvalue weighted by Crippen LogP contribution is 2.45. The maximum Gasteiger partial charge on any atom is 0.355 e. The van der Waals surface area contributed by atoms with E-state index in [1.807, 2.05) is 45.0 Å². The van der Waals surface area contributed by atoms with Gasteiger partial charge < -0.3 is 28.3 Å². The van der Waals surface area contributed by atoms with Gasteiger partial charge >= 0.3 is 17.9 Å². The molecule has 4 aromatic rings. The number of fused-ring (bicyclic) bond motifs is 6. The number of esters is 3. The summed E-state index contributed by atoms with van der Waals surface area (Å²) in [5, 5.41) is 1.05. The molecule has 3 aliphatic rings. The molecule has 3 aliphatic heterocycles. The van der Waals surface area contributed by atoms with Crippen molar-refractivity contribution in [1.29, 1.82) is 0 Å². The van der Waals surface area contributed by atoms with Crippen LogP contribution >= 0.6 is 0 Å². The van der Waals surface area contributed by atoms with Gasteiger partial charge in [0.15, 0.2) is 6.61 Å². The monoisotopic (exact) mass is 891 g/mol. The van der Waals surface area contributed by atoms with E-state index in [4.69, 9.17) is 28.7 Å². The Morgan fingerprint density at radius 1 is 0.815 bits per heavy atom. The molecule has 0 saturated carbocycles. The van der Waals surface area contributed by atoms with E-state index in [-0.39, 0.29) is 30.1 Å². The number of hydrogen-bond acceptors (Lipinski definition) is 10. The summed E-state index contributed by atoms with van der Waals surface area (Å²) in [7, 11) is 0. The van der Waals surface area contributed by atoms with Crippen LogP contribution in [0.2, 0.25) is 0 Å². The quantitative estimate of drug-likeness (QED) is 0.0376. The molecule has 0 spiro atoms. The van der Waals surface area contributed by atoms with Crippen LogP contribution in [-0.2, 0) is 60.2 Å². The Labute approximate surface area is 384 Å². The van der Waals surface area contributed by atoms with E-state index in [1.165, 1.54) is 70.6 Å². The standard InChI is InChI=1S/C54H70N2O9/c1-8-11-12-13-14-15-16-17-18-19-20-21-22-25-30-61-51(59)53(7)29-28-39-37(6)48(35(4)36(5)49(39)65-53)62-34-46(57)64-54(10-3)43-31-45-47-41(32-56(45)50(58)42(43)33-63-52(54)60)38(9-2)40-26-23-24-27-44(40)55-47/h23-24,26-27,31H,8-22,25,28-30,32-34H2,1-7H3/t53-,54-/m0/s1. The minimum absolute atomic E-state index is 0.0413. The molecule has 0 radical (unpaired) electrons. The normalized spacial score (nSPS) is 18.3.